The molecule has 0 radical (unpaired) electrons. The van der Waals surface area contributed by atoms with Crippen LogP contribution in [0.1, 0.15) is 0 Å². The van der Waals surface area contributed by atoms with Gasteiger partial charge in [0.05, 0.1) is 38.8 Å². The predicted molar refractivity (Wildman–Crippen MR) is 524 cm³/mol. The minimum Gasteiger partial charge on any atom is -0.309 e. The van der Waals surface area contributed by atoms with Crippen molar-refractivity contribution in [3.63, 3.8) is 0 Å². The van der Waals surface area contributed by atoms with Gasteiger partial charge < -0.3 is 13.7 Å². The first-order valence-electron chi connectivity index (χ1n) is 42.8. The normalized spacial score (nSPS) is 12.2. The Hall–Kier alpha value is -16.2. The molecule has 3 heteroatoms. The van der Waals surface area contributed by atoms with Crippen molar-refractivity contribution >= 4 is 162 Å². The molecule has 3 heterocycles. The Morgan fingerprint density at radius 3 is 0.862 bits per heavy atom. The van der Waals surface area contributed by atoms with E-state index >= 15 is 0 Å². The lowest BCUT2D eigenvalue weighted by molar-refractivity contribution is 1.18. The summed E-state index contributed by atoms with van der Waals surface area (Å²) in [5.41, 5.74) is 32.1. The molecule has 0 bridgehead atoms. The Labute approximate surface area is 707 Å². The topological polar surface area (TPSA) is 14.8 Å². The van der Waals surface area contributed by atoms with Crippen molar-refractivity contribution in [3.05, 3.63) is 431 Å². The lowest BCUT2D eigenvalue weighted by Crippen LogP contribution is -1.95. The molecule has 3 aliphatic carbocycles. The number of fused-ring (bicyclic) bond motifs is 30. The summed E-state index contributed by atoms with van der Waals surface area (Å²) in [6.07, 6.45) is 0. The highest BCUT2D eigenvalue weighted by Gasteiger charge is 2.29. The van der Waals surface area contributed by atoms with Crippen LogP contribution in [-0.4, -0.2) is 13.7 Å². The molecule has 3 aromatic heterocycles. The molecule has 29 rings (SSSR count). The Kier molecular flexibility index (Phi) is 14.4. The molecule has 3 aliphatic rings. The van der Waals surface area contributed by atoms with Gasteiger partial charge in [-0.15, -0.1) is 0 Å². The van der Waals surface area contributed by atoms with Gasteiger partial charge >= 0.3 is 0 Å². The first kappa shape index (κ1) is 67.8. The van der Waals surface area contributed by atoms with E-state index in [9.17, 15) is 0 Å². The first-order chi connectivity index (χ1) is 61.1. The second-order valence-corrected chi connectivity index (χ2v) is 33.5. The average Bonchev–Trinajstić information content (AvgIpc) is 1.60. The largest absolute Gasteiger partial charge is 0.309 e. The smallest absolute Gasteiger partial charge is 0.0547 e. The van der Waals surface area contributed by atoms with Gasteiger partial charge in [-0.25, -0.2) is 0 Å². The Bertz CT molecular complexity index is 9050. The van der Waals surface area contributed by atoms with Gasteiger partial charge in [-0.2, -0.15) is 0 Å². The highest BCUT2D eigenvalue weighted by molar-refractivity contribution is 6.30. The van der Waals surface area contributed by atoms with Crippen LogP contribution in [0.25, 0.3) is 268 Å². The second-order valence-electron chi connectivity index (χ2n) is 33.5. The van der Waals surface area contributed by atoms with Crippen LogP contribution in [0, 0.1) is 0 Å². The number of benzene rings is 23. The molecule has 23 aromatic carbocycles. The van der Waals surface area contributed by atoms with Crippen LogP contribution in [0.15, 0.2) is 431 Å². The van der Waals surface area contributed by atoms with Crippen molar-refractivity contribution in [1.29, 1.82) is 0 Å². The Morgan fingerprint density at radius 2 is 0.423 bits per heavy atom. The van der Waals surface area contributed by atoms with Gasteiger partial charge in [0, 0.05) is 49.1 Å². The fraction of sp³-hybridized carbons (Fsp3) is 0. The van der Waals surface area contributed by atoms with E-state index in [0.29, 0.717) is 0 Å². The number of rotatable bonds is 5. The molecule has 0 spiro atoms. The lowest BCUT2D eigenvalue weighted by Gasteiger charge is -2.13. The van der Waals surface area contributed by atoms with E-state index in [1.807, 2.05) is 0 Å². The van der Waals surface area contributed by atoms with Gasteiger partial charge in [0.2, 0.25) is 0 Å². The number of nitrogens with zero attached hydrogens (tertiary/aromatic N) is 3. The van der Waals surface area contributed by atoms with Crippen LogP contribution >= 0.6 is 0 Å². The van der Waals surface area contributed by atoms with Gasteiger partial charge in [0.15, 0.2) is 0 Å². The van der Waals surface area contributed by atoms with Crippen molar-refractivity contribution in [2.75, 3.05) is 0 Å². The summed E-state index contributed by atoms with van der Waals surface area (Å²) < 4.78 is 7.34. The molecule has 0 unspecified atom stereocenters. The molecular weight excluding hydrogens is 1480 g/mol. The van der Waals surface area contributed by atoms with E-state index in [4.69, 9.17) is 0 Å². The molecule has 0 fully saturated rings. The fourth-order valence-corrected chi connectivity index (χ4v) is 22.2. The molecule has 0 atom stereocenters. The van der Waals surface area contributed by atoms with Crippen LogP contribution in [0.3, 0.4) is 0 Å². The van der Waals surface area contributed by atoms with E-state index in [1.54, 1.807) is 0 Å². The third kappa shape index (κ3) is 9.76. The second kappa shape index (κ2) is 26.1. The third-order valence-electron chi connectivity index (χ3n) is 27.4. The van der Waals surface area contributed by atoms with Crippen LogP contribution in [0.2, 0.25) is 0 Å². The molecule has 0 saturated carbocycles. The van der Waals surface area contributed by atoms with Crippen molar-refractivity contribution in [2.24, 2.45) is 0 Å². The predicted octanol–water partition coefficient (Wildman–Crippen LogP) is 33.0. The average molecular weight is 1550 g/mol. The van der Waals surface area contributed by atoms with Crippen molar-refractivity contribution in [2.45, 2.75) is 0 Å². The minimum atomic E-state index is 1.17. The summed E-state index contributed by atoms with van der Waals surface area (Å²) >= 11 is 0. The van der Waals surface area contributed by atoms with E-state index < -0.39 is 0 Å². The monoisotopic (exact) mass is 1550 g/mol. The maximum absolute atomic E-state index is 2.48. The maximum atomic E-state index is 2.48. The lowest BCUT2D eigenvalue weighted by atomic mass is 9.94. The molecule has 0 saturated heterocycles. The molecule has 0 N–H and O–H groups in total. The molecule has 0 amide bonds. The number of hydrogen-bond acceptors (Lipinski definition) is 0. The Balaban J connectivity index is 0.0000000970. The van der Waals surface area contributed by atoms with E-state index in [2.05, 4.69) is 444 Å². The van der Waals surface area contributed by atoms with Gasteiger partial charge in [-0.3, -0.25) is 0 Å². The van der Waals surface area contributed by atoms with Crippen LogP contribution < -0.4 is 0 Å². The molecular formula is C120H71N3. The third-order valence-corrected chi connectivity index (χ3v) is 27.4. The van der Waals surface area contributed by atoms with Gasteiger partial charge in [0.25, 0.3) is 0 Å². The summed E-state index contributed by atoms with van der Waals surface area (Å²) in [4.78, 5) is 0. The molecule has 566 valence electrons. The number of para-hydroxylation sites is 3. The molecule has 123 heavy (non-hydrogen) atoms. The van der Waals surface area contributed by atoms with E-state index in [-0.39, 0.29) is 0 Å². The zero-order chi connectivity index (χ0) is 80.2. The molecule has 0 aliphatic heterocycles. The quantitative estimate of drug-likeness (QED) is 0.153. The van der Waals surface area contributed by atoms with Gasteiger partial charge in [-0.05, 0) is 247 Å². The van der Waals surface area contributed by atoms with Gasteiger partial charge in [0.1, 0.15) is 0 Å². The minimum absolute atomic E-state index is 1.17. The summed E-state index contributed by atoms with van der Waals surface area (Å²) in [5.74, 6) is 0. The summed E-state index contributed by atoms with van der Waals surface area (Å²) in [6.45, 7) is 0. The number of aromatic nitrogens is 3. The van der Waals surface area contributed by atoms with Crippen molar-refractivity contribution in [3.8, 4) is 106 Å². The van der Waals surface area contributed by atoms with Crippen LogP contribution in [-0.2, 0) is 0 Å². The number of hydrogen-bond donors (Lipinski definition) is 0. The maximum Gasteiger partial charge on any atom is 0.0547 e. The first-order valence-corrected chi connectivity index (χ1v) is 42.8. The van der Waals surface area contributed by atoms with Crippen LogP contribution in [0.4, 0.5) is 0 Å². The van der Waals surface area contributed by atoms with Gasteiger partial charge in [-0.1, -0.05) is 364 Å². The SMILES string of the molecule is c1cc(-c2ccc3c4c(cccc24)-c2ccccc2-3)cc(-n2c3ccccc3c3c4ccc5ccccc5c4ccc32)c1.c1ccc2c(c1)-c1cccc3c(-c4ccc(-n5c6ccccc6c6c7ccc8ccccc8c7ccc65)cc4)ccc-2c13.c1ccc2c(c1)-c1cccc3c(-n4c5ccccc5c5c6ccc7ccccc7c6ccc54)ccc-2c13. The summed E-state index contributed by atoms with van der Waals surface area (Å²) in [6, 6.07) is 159. The van der Waals surface area contributed by atoms with Crippen molar-refractivity contribution in [1.82, 2.24) is 13.7 Å². The molecule has 3 nitrogen and oxygen atoms in total. The fourth-order valence-electron chi connectivity index (χ4n) is 22.2. The standard InChI is InChI=1S/2C42H25N.C36H21N/c1-2-12-29-26(9-1)19-20-37-33(29)23-24-40-42(37)38-15-5-6-18-39(38)43(40)28-11-7-10-27(25-28)30-21-22-36-32-14-4-3-13-31(32)35-17-8-16-34(30)41(35)36;1-2-9-29-26(8-1)18-21-37-33(29)24-25-40-42(37)38-12-5-6-15-39(38)43(40)28-19-16-27(17-20-28)30-22-23-36-32-11-4-3-10-31(32)35-14-7-13-34(30)41(35)36;1-2-9-23-22(8-1)16-17-29-26(23)18-21-34-36(29)31-12-5-6-15-32(31)37(34)33-20-19-28-25-11-4-3-10-24(25)27-13-7-14-30(33)35(27)28/h2*1-25H;1-21H. The van der Waals surface area contributed by atoms with E-state index in [1.165, 1.54) is 268 Å². The zero-order valence-corrected chi connectivity index (χ0v) is 66.8. The van der Waals surface area contributed by atoms with Crippen molar-refractivity contribution < 1.29 is 0 Å². The molecule has 26 aromatic rings. The van der Waals surface area contributed by atoms with Crippen LogP contribution in [0.5, 0.6) is 0 Å². The highest BCUT2D eigenvalue weighted by Crippen LogP contribution is 2.54. The highest BCUT2D eigenvalue weighted by atomic mass is 15.0. The Morgan fingerprint density at radius 1 is 0.122 bits per heavy atom. The summed E-state index contributed by atoms with van der Waals surface area (Å²) in [5, 5.41) is 31.4. The summed E-state index contributed by atoms with van der Waals surface area (Å²) in [7, 11) is 0. The van der Waals surface area contributed by atoms with E-state index in [0.717, 1.165) is 0 Å². The zero-order valence-electron chi connectivity index (χ0n) is 66.8.